The van der Waals surface area contributed by atoms with E-state index in [0.717, 1.165) is 63.3 Å². The van der Waals surface area contributed by atoms with E-state index in [1.165, 1.54) is 11.1 Å². The molecule has 1 N–H and O–H groups in total. The first-order chi connectivity index (χ1) is 15.5. The third-order valence-electron chi connectivity index (χ3n) is 6.07. The van der Waals surface area contributed by atoms with Crippen molar-refractivity contribution in [2.24, 2.45) is 0 Å². The van der Waals surface area contributed by atoms with Crippen LogP contribution in [0.5, 0.6) is 11.5 Å². The molecule has 0 bridgehead atoms. The van der Waals surface area contributed by atoms with Gasteiger partial charge < -0.3 is 24.4 Å². The Kier molecular flexibility index (Phi) is 7.50. The maximum Gasteiger partial charge on any atom is 0.171 e. The van der Waals surface area contributed by atoms with E-state index in [4.69, 9.17) is 19.2 Å². The summed E-state index contributed by atoms with van der Waals surface area (Å²) in [6.45, 7) is 12.3. The fourth-order valence-corrected chi connectivity index (χ4v) is 4.52. The first-order valence-electron chi connectivity index (χ1n) is 11.6. The molecule has 4 rings (SSSR count). The van der Waals surface area contributed by atoms with Crippen molar-refractivity contribution in [3.05, 3.63) is 47.7 Å². The first kappa shape index (κ1) is 22.8. The summed E-state index contributed by atoms with van der Waals surface area (Å²) in [6, 6.07) is 11.0. The van der Waals surface area contributed by atoms with Crippen molar-refractivity contribution in [1.82, 2.24) is 15.2 Å². The average Bonchev–Trinajstić information content (AvgIpc) is 2.80. The molecule has 1 aromatic heterocycles. The second kappa shape index (κ2) is 10.5. The number of pyridine rings is 1. The molecule has 1 aromatic carbocycles. The number of ether oxygens (including phenoxy) is 3. The Balaban J connectivity index is 1.46. The lowest BCUT2D eigenvalue weighted by molar-refractivity contribution is 0.0982. The fraction of sp³-hybridized carbons (Fsp3) is 0.560. The van der Waals surface area contributed by atoms with Gasteiger partial charge in [-0.3, -0.25) is 4.90 Å². The topological polar surface area (TPSA) is 59.1 Å². The normalized spacial score (nSPS) is 22.2. The zero-order chi connectivity index (χ0) is 22.5. The van der Waals surface area contributed by atoms with E-state index in [1.54, 1.807) is 7.11 Å². The van der Waals surface area contributed by atoms with Crippen LogP contribution in [0.2, 0.25) is 0 Å². The lowest BCUT2D eigenvalue weighted by Gasteiger charge is -2.36. The number of hydrogen-bond donors (Lipinski definition) is 1. The van der Waals surface area contributed by atoms with Crippen molar-refractivity contribution in [2.75, 3.05) is 51.4 Å². The van der Waals surface area contributed by atoms with Gasteiger partial charge in [-0.25, -0.2) is 4.98 Å². The van der Waals surface area contributed by atoms with Gasteiger partial charge in [-0.2, -0.15) is 0 Å². The van der Waals surface area contributed by atoms with Crippen LogP contribution in [-0.4, -0.2) is 68.5 Å². The maximum absolute atomic E-state index is 6.06. The minimum atomic E-state index is 0.155. The Hall–Kier alpha value is -2.35. The van der Waals surface area contributed by atoms with E-state index < -0.39 is 0 Å². The summed E-state index contributed by atoms with van der Waals surface area (Å²) in [5, 5.41) is 3.66. The molecule has 174 valence electrons. The van der Waals surface area contributed by atoms with Crippen molar-refractivity contribution in [3.8, 4) is 11.5 Å². The standard InChI is InChI=1S/C25H36N4O3/c1-18(2)32-23-8-6-5-7-21(23)22-16-28(10-9-26-22)15-20-13-24(30-4)25(27-14-20)29-11-12-31-17-19(29)3/h5-8,13-14,18-19,22,26H,9-12,15-17H2,1-4H3/t19-,22-/m0/s1. The summed E-state index contributed by atoms with van der Waals surface area (Å²) in [5.74, 6) is 2.71. The monoisotopic (exact) mass is 440 g/mol. The van der Waals surface area contributed by atoms with E-state index in [2.05, 4.69) is 60.2 Å². The first-order valence-corrected chi connectivity index (χ1v) is 11.6. The second-order valence-electron chi connectivity index (χ2n) is 8.93. The highest BCUT2D eigenvalue weighted by atomic mass is 16.5. The van der Waals surface area contributed by atoms with Gasteiger partial charge in [-0.1, -0.05) is 18.2 Å². The zero-order valence-corrected chi connectivity index (χ0v) is 19.7. The van der Waals surface area contributed by atoms with E-state index in [9.17, 15) is 0 Å². The number of methoxy groups -OCH3 is 1. The summed E-state index contributed by atoms with van der Waals surface area (Å²) in [5.41, 5.74) is 2.39. The molecule has 2 atom stereocenters. The van der Waals surface area contributed by atoms with Crippen LogP contribution < -0.4 is 19.7 Å². The summed E-state index contributed by atoms with van der Waals surface area (Å²) in [7, 11) is 1.72. The zero-order valence-electron chi connectivity index (χ0n) is 19.7. The van der Waals surface area contributed by atoms with Gasteiger partial charge in [0, 0.05) is 50.5 Å². The highest BCUT2D eigenvalue weighted by molar-refractivity contribution is 5.54. The Morgan fingerprint density at radius 2 is 2.06 bits per heavy atom. The molecule has 0 unspecified atom stereocenters. The predicted octanol–water partition coefficient (Wildman–Crippen LogP) is 3.25. The lowest BCUT2D eigenvalue weighted by atomic mass is 10.0. The Bertz CT molecular complexity index is 891. The van der Waals surface area contributed by atoms with Gasteiger partial charge in [-0.15, -0.1) is 0 Å². The molecule has 2 aromatic rings. The highest BCUT2D eigenvalue weighted by Gasteiger charge is 2.26. The molecule has 0 spiro atoms. The molecule has 2 fully saturated rings. The molecule has 3 heterocycles. The molecule has 0 aliphatic carbocycles. The van der Waals surface area contributed by atoms with Gasteiger partial charge in [-0.05, 0) is 38.5 Å². The number of anilines is 1. The minimum Gasteiger partial charge on any atom is -0.493 e. The Labute approximate surface area is 191 Å². The molecular formula is C25H36N4O3. The van der Waals surface area contributed by atoms with Crippen LogP contribution in [0.25, 0.3) is 0 Å². The lowest BCUT2D eigenvalue weighted by Crippen LogP contribution is -2.45. The quantitative estimate of drug-likeness (QED) is 0.709. The van der Waals surface area contributed by atoms with Crippen molar-refractivity contribution in [1.29, 1.82) is 0 Å². The average molecular weight is 441 g/mol. The summed E-state index contributed by atoms with van der Waals surface area (Å²) in [4.78, 5) is 9.55. The van der Waals surface area contributed by atoms with E-state index in [1.807, 2.05) is 12.3 Å². The number of morpholine rings is 1. The molecule has 0 amide bonds. The van der Waals surface area contributed by atoms with Crippen LogP contribution in [-0.2, 0) is 11.3 Å². The van der Waals surface area contributed by atoms with Gasteiger partial charge in [0.2, 0.25) is 0 Å². The second-order valence-corrected chi connectivity index (χ2v) is 8.93. The van der Waals surface area contributed by atoms with Gasteiger partial charge in [0.1, 0.15) is 5.75 Å². The van der Waals surface area contributed by atoms with E-state index in [0.29, 0.717) is 0 Å². The van der Waals surface area contributed by atoms with Crippen molar-refractivity contribution < 1.29 is 14.2 Å². The molecule has 7 heteroatoms. The van der Waals surface area contributed by atoms with Crippen molar-refractivity contribution in [2.45, 2.75) is 45.5 Å². The van der Waals surface area contributed by atoms with Crippen LogP contribution in [0.3, 0.4) is 0 Å². The minimum absolute atomic E-state index is 0.155. The molecule has 2 aliphatic heterocycles. The largest absolute Gasteiger partial charge is 0.493 e. The SMILES string of the molecule is COc1cc(CN2CCN[C@H](c3ccccc3OC(C)C)C2)cnc1N1CCOC[C@@H]1C. The van der Waals surface area contributed by atoms with Crippen LogP contribution in [0, 0.1) is 0 Å². The summed E-state index contributed by atoms with van der Waals surface area (Å²) in [6.07, 6.45) is 2.15. The molecule has 32 heavy (non-hydrogen) atoms. The molecule has 2 saturated heterocycles. The number of piperazine rings is 1. The van der Waals surface area contributed by atoms with Gasteiger partial charge in [0.15, 0.2) is 11.6 Å². The van der Waals surface area contributed by atoms with E-state index in [-0.39, 0.29) is 18.2 Å². The van der Waals surface area contributed by atoms with Gasteiger partial charge >= 0.3 is 0 Å². The number of hydrogen-bond acceptors (Lipinski definition) is 7. The number of nitrogens with zero attached hydrogens (tertiary/aromatic N) is 3. The third kappa shape index (κ3) is 5.34. The smallest absolute Gasteiger partial charge is 0.171 e. The Morgan fingerprint density at radius 1 is 1.22 bits per heavy atom. The molecule has 7 nitrogen and oxygen atoms in total. The number of benzene rings is 1. The van der Waals surface area contributed by atoms with Crippen LogP contribution >= 0.6 is 0 Å². The van der Waals surface area contributed by atoms with Crippen molar-refractivity contribution in [3.63, 3.8) is 0 Å². The molecular weight excluding hydrogens is 404 g/mol. The molecule has 0 saturated carbocycles. The third-order valence-corrected chi connectivity index (χ3v) is 6.07. The van der Waals surface area contributed by atoms with Gasteiger partial charge in [0.05, 0.1) is 32.5 Å². The van der Waals surface area contributed by atoms with E-state index >= 15 is 0 Å². The number of nitrogens with one attached hydrogen (secondary N) is 1. The van der Waals surface area contributed by atoms with Crippen LogP contribution in [0.15, 0.2) is 36.5 Å². The molecule has 2 aliphatic rings. The van der Waals surface area contributed by atoms with Crippen LogP contribution in [0.4, 0.5) is 5.82 Å². The highest BCUT2D eigenvalue weighted by Crippen LogP contribution is 2.31. The fourth-order valence-electron chi connectivity index (χ4n) is 4.52. The van der Waals surface area contributed by atoms with Gasteiger partial charge in [0.25, 0.3) is 0 Å². The summed E-state index contributed by atoms with van der Waals surface area (Å²) < 4.78 is 17.4. The molecule has 0 radical (unpaired) electrons. The number of rotatable bonds is 7. The van der Waals surface area contributed by atoms with Crippen molar-refractivity contribution >= 4 is 5.82 Å². The van der Waals surface area contributed by atoms with Crippen LogP contribution in [0.1, 0.15) is 37.9 Å². The Morgan fingerprint density at radius 3 is 2.84 bits per heavy atom. The number of aromatic nitrogens is 1. The summed E-state index contributed by atoms with van der Waals surface area (Å²) >= 11 is 0. The number of para-hydroxylation sites is 1. The maximum atomic E-state index is 6.06. The predicted molar refractivity (Wildman–Crippen MR) is 127 cm³/mol.